The number of alkyl carbamates (subject to hydrolysis) is 1. The zero-order chi connectivity index (χ0) is 19.9. The maximum atomic E-state index is 12.0. The summed E-state index contributed by atoms with van der Waals surface area (Å²) in [6.07, 6.45) is 1.02. The Balaban J connectivity index is 1.37. The van der Waals surface area contributed by atoms with Gasteiger partial charge in [0.1, 0.15) is 6.10 Å². The fourth-order valence-corrected chi connectivity index (χ4v) is 4.70. The predicted molar refractivity (Wildman–Crippen MR) is 103 cm³/mol. The number of carbonyl (C=O) groups excluding carboxylic acids is 1. The third kappa shape index (κ3) is 3.69. The highest BCUT2D eigenvalue weighted by molar-refractivity contribution is 7.89. The molecule has 4 rings (SSSR count). The number of anilines is 2. The molecule has 0 bridgehead atoms. The zero-order valence-electron chi connectivity index (χ0n) is 15.7. The number of hydrogen-bond donors (Lipinski definition) is 4. The molecule has 1 fully saturated rings. The lowest BCUT2D eigenvalue weighted by molar-refractivity contribution is 0.0374. The van der Waals surface area contributed by atoms with Crippen LogP contribution in [0.25, 0.3) is 0 Å². The number of sulfonamides is 1. The van der Waals surface area contributed by atoms with Crippen LogP contribution in [0.5, 0.6) is 0 Å². The maximum absolute atomic E-state index is 12.0. The number of aromatic nitrogens is 2. The molecule has 4 N–H and O–H groups in total. The molecule has 28 heavy (non-hydrogen) atoms. The van der Waals surface area contributed by atoms with Crippen LogP contribution in [0.3, 0.4) is 0 Å². The van der Waals surface area contributed by atoms with Gasteiger partial charge in [-0.3, -0.25) is 5.10 Å². The van der Waals surface area contributed by atoms with Crippen molar-refractivity contribution in [1.29, 1.82) is 0 Å². The van der Waals surface area contributed by atoms with E-state index in [2.05, 4.69) is 25.6 Å². The Hall–Kier alpha value is -2.59. The third-order valence-corrected chi connectivity index (χ3v) is 6.42. The number of aromatic amines is 1. The van der Waals surface area contributed by atoms with Crippen LogP contribution in [-0.4, -0.2) is 36.9 Å². The van der Waals surface area contributed by atoms with E-state index in [9.17, 15) is 13.2 Å². The van der Waals surface area contributed by atoms with Crippen molar-refractivity contribution in [3.8, 4) is 0 Å². The van der Waals surface area contributed by atoms with Crippen molar-refractivity contribution in [2.75, 3.05) is 5.32 Å². The first-order valence-electron chi connectivity index (χ1n) is 9.23. The molecule has 1 aliphatic heterocycles. The molecule has 2 heterocycles. The van der Waals surface area contributed by atoms with Crippen LogP contribution in [0, 0.1) is 0 Å². The molecule has 9 nitrogen and oxygen atoms in total. The van der Waals surface area contributed by atoms with Crippen molar-refractivity contribution in [1.82, 2.24) is 20.2 Å². The molecule has 1 aliphatic carbocycles. The number of hydrogen-bond acceptors (Lipinski definition) is 6. The van der Waals surface area contributed by atoms with Crippen molar-refractivity contribution in [3.05, 3.63) is 35.5 Å². The second-order valence-corrected chi connectivity index (χ2v) is 9.17. The molecule has 1 amide bonds. The van der Waals surface area contributed by atoms with Crippen LogP contribution in [0.1, 0.15) is 43.9 Å². The molecule has 0 atom stereocenters. The molecular weight excluding hydrogens is 382 g/mol. The summed E-state index contributed by atoms with van der Waals surface area (Å²) >= 11 is 0. The third-order valence-electron chi connectivity index (χ3n) is 4.94. The Labute approximate surface area is 163 Å². The van der Waals surface area contributed by atoms with Crippen LogP contribution in [0.2, 0.25) is 0 Å². The number of rotatable bonds is 5. The van der Waals surface area contributed by atoms with Crippen molar-refractivity contribution < 1.29 is 17.9 Å². The molecule has 1 aromatic carbocycles. The summed E-state index contributed by atoms with van der Waals surface area (Å²) in [4.78, 5) is 11.9. The van der Waals surface area contributed by atoms with Gasteiger partial charge in [-0.25, -0.2) is 17.9 Å². The Morgan fingerprint density at radius 1 is 1.32 bits per heavy atom. The van der Waals surface area contributed by atoms with E-state index in [-0.39, 0.29) is 30.7 Å². The molecule has 0 radical (unpaired) electrons. The largest absolute Gasteiger partial charge is 0.446 e. The highest BCUT2D eigenvalue weighted by Gasteiger charge is 2.35. The van der Waals surface area contributed by atoms with Gasteiger partial charge in [0, 0.05) is 41.5 Å². The minimum Gasteiger partial charge on any atom is -0.446 e. The van der Waals surface area contributed by atoms with Gasteiger partial charge < -0.3 is 15.4 Å². The minimum absolute atomic E-state index is 0.0502. The number of benzene rings is 1. The van der Waals surface area contributed by atoms with Gasteiger partial charge in [0.25, 0.3) is 0 Å². The quantitative estimate of drug-likeness (QED) is 0.605. The van der Waals surface area contributed by atoms with Crippen LogP contribution in [0.15, 0.2) is 29.2 Å². The highest BCUT2D eigenvalue weighted by Crippen LogP contribution is 2.39. The van der Waals surface area contributed by atoms with E-state index in [1.165, 1.54) is 0 Å². The van der Waals surface area contributed by atoms with Gasteiger partial charge in [0.05, 0.1) is 4.90 Å². The molecule has 1 saturated carbocycles. The minimum atomic E-state index is -3.41. The van der Waals surface area contributed by atoms with Crippen LogP contribution in [0.4, 0.5) is 16.3 Å². The van der Waals surface area contributed by atoms with Gasteiger partial charge in [-0.1, -0.05) is 6.07 Å². The molecule has 1 aromatic heterocycles. The summed E-state index contributed by atoms with van der Waals surface area (Å²) in [5.41, 5.74) is 2.38. The van der Waals surface area contributed by atoms with Gasteiger partial charge in [-0.15, -0.1) is 0 Å². The van der Waals surface area contributed by atoms with E-state index < -0.39 is 10.0 Å². The average molecular weight is 405 g/mol. The predicted octanol–water partition coefficient (Wildman–Crippen LogP) is 2.33. The molecule has 0 saturated heterocycles. The second-order valence-electron chi connectivity index (χ2n) is 7.44. The first-order chi connectivity index (χ1) is 13.3. The number of fused-ring (bicyclic) bond motifs is 1. The monoisotopic (exact) mass is 405 g/mol. The Kier molecular flexibility index (Phi) is 4.76. The summed E-state index contributed by atoms with van der Waals surface area (Å²) in [5.74, 6) is 0.873. The Bertz CT molecular complexity index is 995. The first kappa shape index (κ1) is 18.8. The summed E-state index contributed by atoms with van der Waals surface area (Å²) in [7, 11) is -3.41. The Morgan fingerprint density at radius 2 is 2.11 bits per heavy atom. The number of H-pyrrole nitrogens is 1. The molecule has 0 spiro atoms. The molecule has 0 unspecified atom stereocenters. The average Bonchev–Trinajstić information content (AvgIpc) is 3.15. The van der Waals surface area contributed by atoms with Gasteiger partial charge in [0.15, 0.2) is 5.82 Å². The SMILES string of the molecule is CC(C)NC(=O)OC1CC(c2cc(Nc3cccc4c3CNS4(=O)=O)n[nH]2)C1. The first-order valence-corrected chi connectivity index (χ1v) is 10.7. The van der Waals surface area contributed by atoms with Crippen molar-refractivity contribution in [3.63, 3.8) is 0 Å². The number of carbonyl (C=O) groups is 1. The molecule has 10 heteroatoms. The van der Waals surface area contributed by atoms with Crippen molar-refractivity contribution >= 4 is 27.6 Å². The van der Waals surface area contributed by atoms with Crippen LogP contribution >= 0.6 is 0 Å². The van der Waals surface area contributed by atoms with Crippen LogP contribution in [-0.2, 0) is 21.3 Å². The van der Waals surface area contributed by atoms with Gasteiger partial charge >= 0.3 is 6.09 Å². The summed E-state index contributed by atoms with van der Waals surface area (Å²) in [6.45, 7) is 4.04. The van der Waals surface area contributed by atoms with Gasteiger partial charge in [0.2, 0.25) is 10.0 Å². The molecule has 150 valence electrons. The van der Waals surface area contributed by atoms with Gasteiger partial charge in [-0.05, 0) is 38.8 Å². The normalized spacial score (nSPS) is 22.4. The van der Waals surface area contributed by atoms with E-state index in [1.807, 2.05) is 26.0 Å². The van der Waals surface area contributed by atoms with E-state index in [0.29, 0.717) is 22.0 Å². The molecule has 2 aliphatic rings. The topological polar surface area (TPSA) is 125 Å². The maximum Gasteiger partial charge on any atom is 0.407 e. The molecule has 2 aromatic rings. The lowest BCUT2D eigenvalue weighted by Crippen LogP contribution is -2.38. The van der Waals surface area contributed by atoms with E-state index in [4.69, 9.17) is 4.74 Å². The number of amides is 1. The molecular formula is C18H23N5O4S. The van der Waals surface area contributed by atoms with Crippen LogP contribution < -0.4 is 15.4 Å². The second kappa shape index (κ2) is 7.10. The van der Waals surface area contributed by atoms with E-state index >= 15 is 0 Å². The highest BCUT2D eigenvalue weighted by atomic mass is 32.2. The van der Waals surface area contributed by atoms with Crippen molar-refractivity contribution in [2.45, 2.75) is 56.2 Å². The lowest BCUT2D eigenvalue weighted by atomic mass is 9.80. The van der Waals surface area contributed by atoms with E-state index in [0.717, 1.165) is 18.5 Å². The lowest BCUT2D eigenvalue weighted by Gasteiger charge is -2.33. The standard InChI is InChI=1S/C18H23N5O4S/c1-10(2)20-18(24)27-12-6-11(7-12)15-8-17(23-22-15)21-14-4-3-5-16-13(14)9-19-28(16,25)26/h3-5,8,10-12,19H,6-7,9H2,1-2H3,(H,20,24)(H2,21,22,23). The number of ether oxygens (including phenoxy) is 1. The fourth-order valence-electron chi connectivity index (χ4n) is 3.45. The summed E-state index contributed by atoms with van der Waals surface area (Å²) in [5, 5.41) is 13.2. The van der Waals surface area contributed by atoms with Gasteiger partial charge in [-0.2, -0.15) is 5.10 Å². The van der Waals surface area contributed by atoms with Crippen molar-refractivity contribution in [2.24, 2.45) is 0 Å². The summed E-state index contributed by atoms with van der Waals surface area (Å²) < 4.78 is 31.8. The van der Waals surface area contributed by atoms with E-state index in [1.54, 1.807) is 12.1 Å². The Morgan fingerprint density at radius 3 is 2.86 bits per heavy atom. The zero-order valence-corrected chi connectivity index (χ0v) is 16.5. The number of nitrogens with one attached hydrogen (secondary N) is 4. The number of nitrogens with zero attached hydrogens (tertiary/aromatic N) is 1. The summed E-state index contributed by atoms with van der Waals surface area (Å²) in [6, 6.07) is 7.08. The fraction of sp³-hybridized carbons (Fsp3) is 0.444. The smallest absolute Gasteiger partial charge is 0.407 e.